The minimum absolute atomic E-state index is 0.776. The quantitative estimate of drug-likeness (QED) is 0.438. The van der Waals surface area contributed by atoms with Gasteiger partial charge < -0.3 is 25.0 Å². The summed E-state index contributed by atoms with van der Waals surface area (Å²) in [6.07, 6.45) is 1.98. The standard InChI is InChI=1S/C22H30N4O2/c1-23-22(25-12-7-11-24-19-8-5-4-6-9-19)26-13-10-17-14-20(27-2)21(28-3)15-18(17)16-26/h4-6,8-9,14-15,24H,7,10-13,16H2,1-3H3,(H,23,25). The number of hydrogen-bond acceptors (Lipinski definition) is 4. The molecule has 1 aliphatic rings. The smallest absolute Gasteiger partial charge is 0.193 e. The van der Waals surface area contributed by atoms with Crippen LogP contribution in [0.5, 0.6) is 11.5 Å². The minimum Gasteiger partial charge on any atom is -0.493 e. The van der Waals surface area contributed by atoms with Gasteiger partial charge in [-0.05, 0) is 48.2 Å². The van der Waals surface area contributed by atoms with E-state index in [0.29, 0.717) is 0 Å². The molecule has 0 radical (unpaired) electrons. The highest BCUT2D eigenvalue weighted by Crippen LogP contribution is 2.33. The maximum atomic E-state index is 5.46. The van der Waals surface area contributed by atoms with E-state index in [1.54, 1.807) is 14.2 Å². The van der Waals surface area contributed by atoms with Gasteiger partial charge in [-0.1, -0.05) is 18.2 Å². The third kappa shape index (κ3) is 4.88. The van der Waals surface area contributed by atoms with Gasteiger partial charge in [-0.3, -0.25) is 4.99 Å². The van der Waals surface area contributed by atoms with Gasteiger partial charge in [0.2, 0.25) is 0 Å². The summed E-state index contributed by atoms with van der Waals surface area (Å²) in [5.74, 6) is 2.52. The van der Waals surface area contributed by atoms with E-state index in [0.717, 1.165) is 62.2 Å². The molecule has 28 heavy (non-hydrogen) atoms. The Morgan fingerprint density at radius 3 is 2.43 bits per heavy atom. The van der Waals surface area contributed by atoms with Crippen molar-refractivity contribution in [2.24, 2.45) is 4.99 Å². The van der Waals surface area contributed by atoms with E-state index in [9.17, 15) is 0 Å². The molecule has 6 nitrogen and oxygen atoms in total. The number of methoxy groups -OCH3 is 2. The molecule has 0 amide bonds. The molecule has 6 heteroatoms. The number of nitrogens with zero attached hydrogens (tertiary/aromatic N) is 2. The zero-order chi connectivity index (χ0) is 19.8. The molecule has 150 valence electrons. The first kappa shape index (κ1) is 19.9. The molecule has 0 bridgehead atoms. The molecule has 0 fully saturated rings. The Morgan fingerprint density at radius 1 is 1.04 bits per heavy atom. The first-order valence-corrected chi connectivity index (χ1v) is 9.73. The monoisotopic (exact) mass is 382 g/mol. The third-order valence-electron chi connectivity index (χ3n) is 4.97. The van der Waals surface area contributed by atoms with Crippen LogP contribution in [0.15, 0.2) is 47.5 Å². The fraction of sp³-hybridized carbons (Fsp3) is 0.409. The van der Waals surface area contributed by atoms with Crippen molar-refractivity contribution >= 4 is 11.6 Å². The highest BCUT2D eigenvalue weighted by molar-refractivity contribution is 5.80. The van der Waals surface area contributed by atoms with Crippen molar-refractivity contribution in [2.45, 2.75) is 19.4 Å². The van der Waals surface area contributed by atoms with Gasteiger partial charge in [0.15, 0.2) is 17.5 Å². The molecule has 1 aliphatic heterocycles. The van der Waals surface area contributed by atoms with Crippen LogP contribution in [-0.2, 0) is 13.0 Å². The molecule has 0 saturated heterocycles. The van der Waals surface area contributed by atoms with Crippen LogP contribution in [0.3, 0.4) is 0 Å². The summed E-state index contributed by atoms with van der Waals surface area (Å²) in [5, 5.41) is 6.92. The summed E-state index contributed by atoms with van der Waals surface area (Å²) >= 11 is 0. The van der Waals surface area contributed by atoms with Crippen molar-refractivity contribution in [1.29, 1.82) is 0 Å². The number of guanidine groups is 1. The second-order valence-corrected chi connectivity index (χ2v) is 6.77. The zero-order valence-corrected chi connectivity index (χ0v) is 17.0. The molecule has 1 heterocycles. The predicted octanol–water partition coefficient (Wildman–Crippen LogP) is 3.14. The Hall–Kier alpha value is -2.89. The molecule has 2 aromatic rings. The normalized spacial score (nSPS) is 13.7. The van der Waals surface area contributed by atoms with Gasteiger partial charge in [0.05, 0.1) is 14.2 Å². The van der Waals surface area contributed by atoms with Crippen LogP contribution in [0.25, 0.3) is 0 Å². The number of anilines is 1. The van der Waals surface area contributed by atoms with Crippen molar-refractivity contribution < 1.29 is 9.47 Å². The average molecular weight is 383 g/mol. The average Bonchev–Trinajstić information content (AvgIpc) is 2.75. The lowest BCUT2D eigenvalue weighted by molar-refractivity contribution is 0.346. The van der Waals surface area contributed by atoms with Crippen LogP contribution < -0.4 is 20.1 Å². The maximum Gasteiger partial charge on any atom is 0.193 e. The number of fused-ring (bicyclic) bond motifs is 1. The van der Waals surface area contributed by atoms with Gasteiger partial charge in [0.1, 0.15) is 0 Å². The summed E-state index contributed by atoms with van der Waals surface area (Å²) in [6.45, 7) is 3.55. The number of nitrogens with one attached hydrogen (secondary N) is 2. The molecule has 3 rings (SSSR count). The van der Waals surface area contributed by atoms with Crippen LogP contribution in [0.4, 0.5) is 5.69 Å². The summed E-state index contributed by atoms with van der Waals surface area (Å²) in [7, 11) is 5.20. The zero-order valence-electron chi connectivity index (χ0n) is 17.0. The van der Waals surface area contributed by atoms with Crippen molar-refractivity contribution in [3.63, 3.8) is 0 Å². The Kier molecular flexibility index (Phi) is 7.00. The molecule has 2 aromatic carbocycles. The number of benzene rings is 2. The lowest BCUT2D eigenvalue weighted by Gasteiger charge is -2.32. The SMILES string of the molecule is CN=C(NCCCNc1ccccc1)N1CCc2cc(OC)c(OC)cc2C1. The summed E-state index contributed by atoms with van der Waals surface area (Å²) in [5.41, 5.74) is 3.73. The van der Waals surface area contributed by atoms with Gasteiger partial charge in [-0.15, -0.1) is 0 Å². The molecule has 0 spiro atoms. The van der Waals surface area contributed by atoms with E-state index < -0.39 is 0 Å². The number of aliphatic imine (C=N–C) groups is 1. The van der Waals surface area contributed by atoms with Gasteiger partial charge in [0, 0.05) is 38.9 Å². The summed E-state index contributed by atoms with van der Waals surface area (Å²) in [6, 6.07) is 14.5. The molecule has 0 atom stereocenters. The molecular formula is C22H30N4O2. The van der Waals surface area contributed by atoms with Crippen molar-refractivity contribution in [2.75, 3.05) is 46.2 Å². The van der Waals surface area contributed by atoms with E-state index in [2.05, 4.69) is 44.8 Å². The molecule has 0 aliphatic carbocycles. The Bertz CT molecular complexity index is 793. The topological polar surface area (TPSA) is 58.1 Å². The van der Waals surface area contributed by atoms with Gasteiger partial charge in [-0.2, -0.15) is 0 Å². The van der Waals surface area contributed by atoms with E-state index in [1.807, 2.05) is 25.2 Å². The highest BCUT2D eigenvalue weighted by atomic mass is 16.5. The fourth-order valence-corrected chi connectivity index (χ4v) is 3.47. The molecule has 0 unspecified atom stereocenters. The largest absolute Gasteiger partial charge is 0.493 e. The predicted molar refractivity (Wildman–Crippen MR) is 115 cm³/mol. The Labute approximate surface area is 167 Å². The van der Waals surface area contributed by atoms with Crippen LogP contribution in [-0.4, -0.2) is 51.8 Å². The van der Waals surface area contributed by atoms with E-state index in [4.69, 9.17) is 9.47 Å². The minimum atomic E-state index is 0.776. The lowest BCUT2D eigenvalue weighted by atomic mass is 9.99. The van der Waals surface area contributed by atoms with Gasteiger partial charge in [-0.25, -0.2) is 0 Å². The second kappa shape index (κ2) is 9.88. The Balaban J connectivity index is 1.51. The summed E-state index contributed by atoms with van der Waals surface area (Å²) in [4.78, 5) is 6.76. The highest BCUT2D eigenvalue weighted by Gasteiger charge is 2.21. The fourth-order valence-electron chi connectivity index (χ4n) is 3.47. The van der Waals surface area contributed by atoms with Crippen LogP contribution >= 0.6 is 0 Å². The number of para-hydroxylation sites is 1. The van der Waals surface area contributed by atoms with Gasteiger partial charge in [0.25, 0.3) is 0 Å². The molecule has 0 saturated carbocycles. The van der Waals surface area contributed by atoms with Gasteiger partial charge >= 0.3 is 0 Å². The van der Waals surface area contributed by atoms with E-state index in [-0.39, 0.29) is 0 Å². The maximum absolute atomic E-state index is 5.46. The van der Waals surface area contributed by atoms with Crippen LogP contribution in [0.1, 0.15) is 17.5 Å². The second-order valence-electron chi connectivity index (χ2n) is 6.77. The van der Waals surface area contributed by atoms with Crippen LogP contribution in [0.2, 0.25) is 0 Å². The molecule has 2 N–H and O–H groups in total. The summed E-state index contributed by atoms with van der Waals surface area (Å²) < 4.78 is 10.9. The Morgan fingerprint density at radius 2 is 1.75 bits per heavy atom. The number of ether oxygens (including phenoxy) is 2. The van der Waals surface area contributed by atoms with E-state index in [1.165, 1.54) is 11.1 Å². The van der Waals surface area contributed by atoms with Crippen LogP contribution in [0, 0.1) is 0 Å². The van der Waals surface area contributed by atoms with E-state index >= 15 is 0 Å². The molecular weight excluding hydrogens is 352 g/mol. The lowest BCUT2D eigenvalue weighted by Crippen LogP contribution is -2.44. The molecule has 0 aromatic heterocycles. The first-order chi connectivity index (χ1) is 13.7. The third-order valence-corrected chi connectivity index (χ3v) is 4.97. The first-order valence-electron chi connectivity index (χ1n) is 9.73. The van der Waals surface area contributed by atoms with Crippen molar-refractivity contribution in [3.8, 4) is 11.5 Å². The number of hydrogen-bond donors (Lipinski definition) is 2. The van der Waals surface area contributed by atoms with Crippen molar-refractivity contribution in [1.82, 2.24) is 10.2 Å². The number of rotatable bonds is 7. The van der Waals surface area contributed by atoms with Crippen molar-refractivity contribution in [3.05, 3.63) is 53.6 Å².